The second kappa shape index (κ2) is 4.93. The summed E-state index contributed by atoms with van der Waals surface area (Å²) in [6.45, 7) is 3.87. The van der Waals surface area contributed by atoms with Gasteiger partial charge in [0.1, 0.15) is 0 Å². The van der Waals surface area contributed by atoms with Crippen molar-refractivity contribution in [3.8, 4) is 10.4 Å². The Morgan fingerprint density at radius 2 is 2.00 bits per heavy atom. The maximum absolute atomic E-state index is 11.6. The van der Waals surface area contributed by atoms with E-state index in [1.807, 2.05) is 0 Å². The van der Waals surface area contributed by atoms with Crippen LogP contribution in [0.1, 0.15) is 46.6 Å². The van der Waals surface area contributed by atoms with Crippen molar-refractivity contribution in [3.63, 3.8) is 0 Å². The molecule has 0 unspecified atom stereocenters. The number of fused-ring (bicyclic) bond motifs is 3. The molecule has 1 nitrogen and oxygen atoms in total. The highest BCUT2D eigenvalue weighted by atomic mass is 32.1. The third-order valence-corrected chi connectivity index (χ3v) is 5.09. The molecule has 0 saturated heterocycles. The SMILES string of the molecule is CCCc1ccc2c(c1)-c1sc(C(C)=O)cc1CC2. The molecule has 1 heterocycles. The van der Waals surface area contributed by atoms with Gasteiger partial charge in [-0.15, -0.1) is 11.3 Å². The number of benzene rings is 1. The number of hydrogen-bond donors (Lipinski definition) is 0. The number of rotatable bonds is 3. The minimum atomic E-state index is 0.186. The third kappa shape index (κ3) is 2.25. The fraction of sp³-hybridized carbons (Fsp3) is 0.353. The highest BCUT2D eigenvalue weighted by Crippen LogP contribution is 2.40. The van der Waals surface area contributed by atoms with Gasteiger partial charge in [0, 0.05) is 4.88 Å². The standard InChI is InChI=1S/C17H18OS/c1-3-4-12-5-6-13-7-8-14-10-16(11(2)18)19-17(14)15(13)9-12/h5-6,9-10H,3-4,7-8H2,1-2H3. The van der Waals surface area contributed by atoms with Gasteiger partial charge in [-0.1, -0.05) is 31.5 Å². The van der Waals surface area contributed by atoms with Crippen molar-refractivity contribution in [3.05, 3.63) is 45.8 Å². The summed E-state index contributed by atoms with van der Waals surface area (Å²) in [5.41, 5.74) is 5.57. The van der Waals surface area contributed by atoms with Crippen LogP contribution in [0.15, 0.2) is 24.3 Å². The Kier molecular flexibility index (Phi) is 3.28. The van der Waals surface area contributed by atoms with Crippen molar-refractivity contribution < 1.29 is 4.79 Å². The lowest BCUT2D eigenvalue weighted by Crippen LogP contribution is -2.01. The van der Waals surface area contributed by atoms with Gasteiger partial charge in [0.15, 0.2) is 5.78 Å². The van der Waals surface area contributed by atoms with E-state index in [1.54, 1.807) is 18.3 Å². The van der Waals surface area contributed by atoms with Crippen LogP contribution < -0.4 is 0 Å². The molecule has 0 N–H and O–H groups in total. The zero-order valence-corrected chi connectivity index (χ0v) is 12.3. The van der Waals surface area contributed by atoms with Crippen molar-refractivity contribution in [2.45, 2.75) is 39.5 Å². The van der Waals surface area contributed by atoms with Crippen LogP contribution in [-0.2, 0) is 19.3 Å². The molecule has 1 aliphatic rings. The van der Waals surface area contributed by atoms with E-state index in [-0.39, 0.29) is 5.78 Å². The first-order chi connectivity index (χ1) is 9.19. The molecule has 0 aliphatic heterocycles. The predicted molar refractivity (Wildman–Crippen MR) is 81.2 cm³/mol. The van der Waals surface area contributed by atoms with E-state index in [4.69, 9.17) is 0 Å². The summed E-state index contributed by atoms with van der Waals surface area (Å²) >= 11 is 1.66. The second-order valence-corrected chi connectivity index (χ2v) is 6.31. The number of carbonyl (C=O) groups is 1. The van der Waals surface area contributed by atoms with Crippen LogP contribution >= 0.6 is 11.3 Å². The van der Waals surface area contributed by atoms with Gasteiger partial charge in [-0.3, -0.25) is 4.79 Å². The summed E-state index contributed by atoms with van der Waals surface area (Å²) in [5, 5.41) is 0. The fourth-order valence-electron chi connectivity index (χ4n) is 2.78. The first-order valence-electron chi connectivity index (χ1n) is 6.95. The molecule has 2 aromatic rings. The Balaban J connectivity index is 2.10. The number of ketones is 1. The average Bonchev–Trinajstić information content (AvgIpc) is 2.83. The second-order valence-electron chi connectivity index (χ2n) is 5.26. The van der Waals surface area contributed by atoms with Crippen LogP contribution in [0.4, 0.5) is 0 Å². The zero-order chi connectivity index (χ0) is 13.4. The number of Topliss-reactive ketones (excluding diaryl/α,β-unsaturated/α-hetero) is 1. The molecule has 1 aromatic carbocycles. The lowest BCUT2D eigenvalue weighted by molar-refractivity contribution is 0.102. The Hall–Kier alpha value is -1.41. The molecule has 19 heavy (non-hydrogen) atoms. The summed E-state index contributed by atoms with van der Waals surface area (Å²) in [6, 6.07) is 8.96. The van der Waals surface area contributed by atoms with Crippen LogP contribution in [0.25, 0.3) is 10.4 Å². The van der Waals surface area contributed by atoms with Crippen molar-refractivity contribution in [2.24, 2.45) is 0 Å². The van der Waals surface area contributed by atoms with Crippen molar-refractivity contribution in [1.82, 2.24) is 0 Å². The van der Waals surface area contributed by atoms with Gasteiger partial charge in [-0.05, 0) is 54.5 Å². The smallest absolute Gasteiger partial charge is 0.169 e. The van der Waals surface area contributed by atoms with Crippen LogP contribution in [-0.4, -0.2) is 5.78 Å². The minimum absolute atomic E-state index is 0.186. The number of aryl methyl sites for hydroxylation is 3. The largest absolute Gasteiger partial charge is 0.294 e. The normalized spacial score (nSPS) is 12.9. The van der Waals surface area contributed by atoms with Crippen LogP contribution in [0, 0.1) is 0 Å². The molecular weight excluding hydrogens is 252 g/mol. The quantitative estimate of drug-likeness (QED) is 0.741. The average molecular weight is 270 g/mol. The number of carbonyl (C=O) groups excluding carboxylic acids is 1. The molecule has 2 heteroatoms. The maximum atomic E-state index is 11.6. The maximum Gasteiger partial charge on any atom is 0.169 e. The van der Waals surface area contributed by atoms with E-state index in [0.29, 0.717) is 0 Å². The van der Waals surface area contributed by atoms with Crippen LogP contribution in [0.3, 0.4) is 0 Å². The summed E-state index contributed by atoms with van der Waals surface area (Å²) in [7, 11) is 0. The molecule has 0 bridgehead atoms. The molecule has 0 fully saturated rings. The summed E-state index contributed by atoms with van der Waals surface area (Å²) in [6.07, 6.45) is 4.48. The third-order valence-electron chi connectivity index (χ3n) is 3.78. The summed E-state index contributed by atoms with van der Waals surface area (Å²) < 4.78 is 0. The molecule has 0 radical (unpaired) electrons. The van der Waals surface area contributed by atoms with E-state index < -0.39 is 0 Å². The molecule has 0 spiro atoms. The van der Waals surface area contributed by atoms with E-state index in [9.17, 15) is 4.79 Å². The molecule has 3 rings (SSSR count). The van der Waals surface area contributed by atoms with Crippen molar-refractivity contribution in [1.29, 1.82) is 0 Å². The zero-order valence-electron chi connectivity index (χ0n) is 11.5. The van der Waals surface area contributed by atoms with Gasteiger partial charge in [0.25, 0.3) is 0 Å². The fourth-order valence-corrected chi connectivity index (χ4v) is 3.94. The van der Waals surface area contributed by atoms with E-state index >= 15 is 0 Å². The lowest BCUT2D eigenvalue weighted by atomic mass is 9.89. The minimum Gasteiger partial charge on any atom is -0.294 e. The summed E-state index contributed by atoms with van der Waals surface area (Å²) in [5.74, 6) is 0.186. The van der Waals surface area contributed by atoms with E-state index in [1.165, 1.54) is 33.6 Å². The monoisotopic (exact) mass is 270 g/mol. The number of hydrogen-bond acceptors (Lipinski definition) is 2. The van der Waals surface area contributed by atoms with Crippen LogP contribution in [0.5, 0.6) is 0 Å². The molecule has 1 aliphatic carbocycles. The molecule has 0 saturated carbocycles. The molecule has 98 valence electrons. The predicted octanol–water partition coefficient (Wildman–Crippen LogP) is 4.67. The first kappa shape index (κ1) is 12.6. The number of thiophene rings is 1. The molecule has 1 aromatic heterocycles. The van der Waals surface area contributed by atoms with Gasteiger partial charge >= 0.3 is 0 Å². The van der Waals surface area contributed by atoms with Crippen molar-refractivity contribution in [2.75, 3.05) is 0 Å². The van der Waals surface area contributed by atoms with E-state index in [2.05, 4.69) is 31.2 Å². The molecular formula is C17H18OS. The molecule has 0 atom stereocenters. The Bertz CT molecular complexity index is 637. The Labute approximate surface area is 118 Å². The summed E-state index contributed by atoms with van der Waals surface area (Å²) in [4.78, 5) is 13.8. The van der Waals surface area contributed by atoms with Gasteiger partial charge < -0.3 is 0 Å². The molecule has 0 amide bonds. The highest BCUT2D eigenvalue weighted by Gasteiger charge is 2.20. The van der Waals surface area contributed by atoms with Gasteiger partial charge in [-0.25, -0.2) is 0 Å². The van der Waals surface area contributed by atoms with E-state index in [0.717, 1.165) is 24.1 Å². The lowest BCUT2D eigenvalue weighted by Gasteiger charge is -2.17. The van der Waals surface area contributed by atoms with Gasteiger partial charge in [0.05, 0.1) is 4.88 Å². The Morgan fingerprint density at radius 1 is 1.21 bits per heavy atom. The highest BCUT2D eigenvalue weighted by molar-refractivity contribution is 7.17. The topological polar surface area (TPSA) is 17.1 Å². The first-order valence-corrected chi connectivity index (χ1v) is 7.76. The Morgan fingerprint density at radius 3 is 2.74 bits per heavy atom. The van der Waals surface area contributed by atoms with Crippen LogP contribution in [0.2, 0.25) is 0 Å². The van der Waals surface area contributed by atoms with Gasteiger partial charge in [-0.2, -0.15) is 0 Å². The van der Waals surface area contributed by atoms with Gasteiger partial charge in [0.2, 0.25) is 0 Å². The van der Waals surface area contributed by atoms with Crippen molar-refractivity contribution >= 4 is 17.1 Å².